The zero-order valence-electron chi connectivity index (χ0n) is 20.6. The number of carbonyl (C=O) groups excluding carboxylic acids is 1. The maximum absolute atomic E-state index is 14.9. The lowest BCUT2D eigenvalue weighted by molar-refractivity contribution is -0.145. The van der Waals surface area contributed by atoms with E-state index < -0.39 is 64.0 Å². The number of aliphatic imine (C=N–C) groups is 1. The smallest absolute Gasteiger partial charge is 0.351 e. The number of amides is 1. The van der Waals surface area contributed by atoms with E-state index in [0.717, 1.165) is 41.0 Å². The van der Waals surface area contributed by atoms with Crippen LogP contribution in [0.2, 0.25) is 0 Å². The number of nitrogens with one attached hydrogen (secondary N) is 1. The van der Waals surface area contributed by atoms with Gasteiger partial charge in [0.25, 0.3) is 0 Å². The van der Waals surface area contributed by atoms with Crippen molar-refractivity contribution in [3.63, 3.8) is 0 Å². The minimum absolute atomic E-state index is 0.112. The average Bonchev–Trinajstić information content (AvgIpc) is 3.12. The summed E-state index contributed by atoms with van der Waals surface area (Å²) in [6.07, 6.45) is -3.35. The van der Waals surface area contributed by atoms with Gasteiger partial charge in [-0.25, -0.2) is 27.2 Å². The third-order valence-electron chi connectivity index (χ3n) is 6.75. The molecule has 1 aromatic heterocycles. The van der Waals surface area contributed by atoms with Crippen molar-refractivity contribution in [2.75, 3.05) is 6.54 Å². The Balaban J connectivity index is 1.51. The maximum Gasteiger partial charge on any atom is 0.451 e. The number of benzene rings is 1. The van der Waals surface area contributed by atoms with Crippen LogP contribution in [0.25, 0.3) is 0 Å². The molecule has 0 saturated carbocycles. The molecule has 2 unspecified atom stereocenters. The van der Waals surface area contributed by atoms with Crippen LogP contribution in [-0.4, -0.2) is 59.1 Å². The van der Waals surface area contributed by atoms with E-state index in [2.05, 4.69) is 20.3 Å². The Labute approximate surface area is 226 Å². The van der Waals surface area contributed by atoms with Crippen LogP contribution in [0.3, 0.4) is 0 Å². The first kappa shape index (κ1) is 29.0. The summed E-state index contributed by atoms with van der Waals surface area (Å²) in [4.78, 5) is 23.9. The van der Waals surface area contributed by atoms with Gasteiger partial charge in [-0.2, -0.15) is 17.5 Å². The molecule has 3 heterocycles. The number of nitrogens with zero attached hydrogens (tertiary/aromatic N) is 4. The molecule has 0 radical (unpaired) electrons. The summed E-state index contributed by atoms with van der Waals surface area (Å²) in [5, 5.41) is 2.80. The van der Waals surface area contributed by atoms with Crippen LogP contribution in [0.1, 0.15) is 44.1 Å². The van der Waals surface area contributed by atoms with Crippen molar-refractivity contribution in [3.8, 4) is 0 Å². The number of rotatable bonds is 6. The first-order valence-electron chi connectivity index (χ1n) is 11.7. The number of hydrogen-bond acceptors (Lipinski definition) is 6. The highest BCUT2D eigenvalue weighted by molar-refractivity contribution is 7.89. The van der Waals surface area contributed by atoms with Crippen molar-refractivity contribution in [2.24, 2.45) is 4.99 Å². The molecule has 0 spiro atoms. The van der Waals surface area contributed by atoms with E-state index in [1.165, 1.54) is 20.1 Å². The zero-order chi connectivity index (χ0) is 28.8. The van der Waals surface area contributed by atoms with Gasteiger partial charge in [0.1, 0.15) is 17.5 Å². The number of alkyl halides is 4. The molecular weight excluding hydrogens is 569 g/mol. The first-order valence-corrected chi connectivity index (χ1v) is 13.5. The summed E-state index contributed by atoms with van der Waals surface area (Å²) in [6, 6.07) is 2.14. The molecule has 15 heteroatoms. The van der Waals surface area contributed by atoms with E-state index in [1.54, 1.807) is 0 Å². The molecule has 0 aliphatic carbocycles. The monoisotopic (exact) mass is 591 g/mol. The minimum Gasteiger partial charge on any atom is -0.351 e. The summed E-state index contributed by atoms with van der Waals surface area (Å²) in [6.45, 7) is 2.49. The topological polar surface area (TPSA) is 105 Å². The molecule has 4 rings (SSSR count). The Bertz CT molecular complexity index is 1420. The Hall–Kier alpha value is -2.97. The van der Waals surface area contributed by atoms with E-state index in [0.29, 0.717) is 11.1 Å². The molecule has 1 aromatic carbocycles. The van der Waals surface area contributed by atoms with Crippen molar-refractivity contribution in [1.29, 1.82) is 0 Å². The standard InChI is InChI=1S/C24H23ClF5N5O3S/c1-13-19(27)8-23(2,35(13)39(37,38)17-5-3-16(26)4-6-17)22(36)34-9-14-7-20(31-12-18(14)25)15-10-32-21(33-11-15)24(28,29)30/h3-6,10-13,19-20H,7-9H2,1-2H3,(H,34,36)/t13-,19+,20?,23?/m0/s1. The van der Waals surface area contributed by atoms with Crippen molar-refractivity contribution in [1.82, 2.24) is 19.6 Å². The highest BCUT2D eigenvalue weighted by atomic mass is 35.5. The molecule has 0 bridgehead atoms. The third-order valence-corrected chi connectivity index (χ3v) is 9.24. The second-order valence-electron chi connectivity index (χ2n) is 9.46. The molecule has 2 aromatic rings. The van der Waals surface area contributed by atoms with Crippen LogP contribution >= 0.6 is 11.6 Å². The van der Waals surface area contributed by atoms with Gasteiger partial charge in [-0.15, -0.1) is 0 Å². The van der Waals surface area contributed by atoms with Gasteiger partial charge in [-0.3, -0.25) is 9.79 Å². The Morgan fingerprint density at radius 1 is 1.21 bits per heavy atom. The molecule has 1 saturated heterocycles. The van der Waals surface area contributed by atoms with Crippen LogP contribution < -0.4 is 5.32 Å². The molecular formula is C24H23ClF5N5O3S. The van der Waals surface area contributed by atoms with Gasteiger partial charge in [-0.1, -0.05) is 11.6 Å². The number of hydrogen-bond donors (Lipinski definition) is 1. The SMILES string of the molecule is C[C@H]1[C@H](F)CC(C)(C(=O)NCC2=C(Cl)C=NC(c3cnc(C(F)(F)F)nc3)C2)N1S(=O)(=O)c1ccc(F)cc1. The van der Waals surface area contributed by atoms with E-state index in [4.69, 9.17) is 11.6 Å². The van der Waals surface area contributed by atoms with Gasteiger partial charge in [-0.05, 0) is 50.1 Å². The van der Waals surface area contributed by atoms with Crippen molar-refractivity contribution >= 4 is 33.7 Å². The van der Waals surface area contributed by atoms with Crippen LogP contribution in [-0.2, 0) is 21.0 Å². The Morgan fingerprint density at radius 2 is 1.82 bits per heavy atom. The number of aromatic nitrogens is 2. The lowest BCUT2D eigenvalue weighted by Gasteiger charge is -2.35. The summed E-state index contributed by atoms with van der Waals surface area (Å²) in [5.41, 5.74) is -1.06. The lowest BCUT2D eigenvalue weighted by Crippen LogP contribution is -2.57. The van der Waals surface area contributed by atoms with Crippen molar-refractivity contribution in [3.05, 3.63) is 64.5 Å². The number of carbonyl (C=O) groups is 1. The molecule has 1 amide bonds. The van der Waals surface area contributed by atoms with E-state index in [-0.39, 0.29) is 22.9 Å². The summed E-state index contributed by atoms with van der Waals surface area (Å²) >= 11 is 6.24. The minimum atomic E-state index is -4.70. The van der Waals surface area contributed by atoms with Crippen LogP contribution in [0, 0.1) is 5.82 Å². The molecule has 39 heavy (non-hydrogen) atoms. The second-order valence-corrected chi connectivity index (χ2v) is 11.7. The quantitative estimate of drug-likeness (QED) is 0.503. The molecule has 210 valence electrons. The molecule has 1 N–H and O–H groups in total. The van der Waals surface area contributed by atoms with Crippen LogP contribution in [0.5, 0.6) is 0 Å². The van der Waals surface area contributed by atoms with Gasteiger partial charge < -0.3 is 5.32 Å². The highest BCUT2D eigenvalue weighted by Crippen LogP contribution is 2.41. The molecule has 2 aliphatic heterocycles. The van der Waals surface area contributed by atoms with E-state index in [1.807, 2.05) is 0 Å². The summed E-state index contributed by atoms with van der Waals surface area (Å²) < 4.78 is 94.1. The Morgan fingerprint density at radius 3 is 2.41 bits per heavy atom. The molecule has 1 fully saturated rings. The van der Waals surface area contributed by atoms with Crippen LogP contribution in [0.15, 0.2) is 57.2 Å². The van der Waals surface area contributed by atoms with Crippen LogP contribution in [0.4, 0.5) is 22.0 Å². The molecule has 8 nitrogen and oxygen atoms in total. The fraction of sp³-hybridized carbons (Fsp3) is 0.417. The van der Waals surface area contributed by atoms with E-state index >= 15 is 0 Å². The molecule has 2 aliphatic rings. The lowest BCUT2D eigenvalue weighted by atomic mass is 9.96. The fourth-order valence-corrected chi connectivity index (χ4v) is 6.82. The van der Waals surface area contributed by atoms with Gasteiger partial charge in [0.2, 0.25) is 21.8 Å². The number of dihydropyridines is 1. The maximum atomic E-state index is 14.9. The second kappa shape index (κ2) is 10.5. The number of halogens is 6. The molecule has 4 atom stereocenters. The largest absolute Gasteiger partial charge is 0.451 e. The normalized spacial score (nSPS) is 26.2. The van der Waals surface area contributed by atoms with Gasteiger partial charge in [0.05, 0.1) is 22.0 Å². The first-order chi connectivity index (χ1) is 18.1. The van der Waals surface area contributed by atoms with Gasteiger partial charge in [0.15, 0.2) is 0 Å². The van der Waals surface area contributed by atoms with Crippen molar-refractivity contribution < 1.29 is 35.2 Å². The summed E-state index contributed by atoms with van der Waals surface area (Å²) in [5.74, 6) is -2.74. The predicted molar refractivity (Wildman–Crippen MR) is 132 cm³/mol. The van der Waals surface area contributed by atoms with Gasteiger partial charge >= 0.3 is 6.18 Å². The summed E-state index contributed by atoms with van der Waals surface area (Å²) in [7, 11) is -4.39. The van der Waals surface area contributed by atoms with Gasteiger partial charge in [0, 0.05) is 37.1 Å². The third kappa shape index (κ3) is 5.68. The zero-order valence-corrected chi connectivity index (χ0v) is 22.2. The van der Waals surface area contributed by atoms with E-state index in [9.17, 15) is 35.2 Å². The van der Waals surface area contributed by atoms with Crippen molar-refractivity contribution in [2.45, 2.75) is 61.6 Å². The fourth-order valence-electron chi connectivity index (χ4n) is 4.66. The highest BCUT2D eigenvalue weighted by Gasteiger charge is 2.57. The number of sulfonamides is 1. The number of allylic oxidation sites excluding steroid dienone is 1. The average molecular weight is 592 g/mol. The Kier molecular flexibility index (Phi) is 7.85. The predicted octanol–water partition coefficient (Wildman–Crippen LogP) is 4.34.